The molecular formula is C15H22N2O4. The smallest absolute Gasteiger partial charge is 0.237 e. The summed E-state index contributed by atoms with van der Waals surface area (Å²) in [6.45, 7) is -0.0510. The van der Waals surface area contributed by atoms with Crippen LogP contribution in [0.3, 0.4) is 0 Å². The van der Waals surface area contributed by atoms with Gasteiger partial charge in [0, 0.05) is 6.42 Å². The zero-order valence-electron chi connectivity index (χ0n) is 12.4. The topological polar surface area (TPSA) is 93.8 Å². The number of nitrogens with one attached hydrogen (secondary N) is 1. The van der Waals surface area contributed by atoms with Gasteiger partial charge in [-0.2, -0.15) is 0 Å². The molecule has 0 bridgehead atoms. The van der Waals surface area contributed by atoms with Crippen LogP contribution in [0.4, 0.5) is 0 Å². The van der Waals surface area contributed by atoms with Crippen LogP contribution < -0.4 is 20.5 Å². The van der Waals surface area contributed by atoms with Gasteiger partial charge in [0.05, 0.1) is 13.7 Å². The van der Waals surface area contributed by atoms with Crippen molar-refractivity contribution in [3.05, 3.63) is 23.8 Å². The van der Waals surface area contributed by atoms with Crippen molar-refractivity contribution < 1.29 is 19.4 Å². The normalized spacial score (nSPS) is 24.8. The fraction of sp³-hybridized carbons (Fsp3) is 0.533. The molecule has 1 aliphatic rings. The van der Waals surface area contributed by atoms with Crippen molar-refractivity contribution in [2.75, 3.05) is 14.2 Å². The maximum absolute atomic E-state index is 11.6. The number of carbonyl (C=O) groups excluding carboxylic acids is 1. The first-order valence-electron chi connectivity index (χ1n) is 6.98. The summed E-state index contributed by atoms with van der Waals surface area (Å²) in [5.74, 6) is 0.831. The molecule has 2 unspecified atom stereocenters. The molecule has 21 heavy (non-hydrogen) atoms. The number of rotatable bonds is 6. The standard InChI is InChI=1S/C15H22N2O4/c1-17-15(14(16)19)6-5-11(8-15)21-12-4-3-10(9-18)7-13(12)20-2/h3-4,7,11,17-18H,5-6,8-9H2,1-2H3,(H2,16,19). The van der Waals surface area contributed by atoms with Gasteiger partial charge in [-0.15, -0.1) is 0 Å². The number of benzene rings is 1. The molecule has 0 radical (unpaired) electrons. The predicted octanol–water partition coefficient (Wildman–Crippen LogP) is 0.562. The molecule has 1 saturated carbocycles. The molecule has 2 rings (SSSR count). The van der Waals surface area contributed by atoms with E-state index >= 15 is 0 Å². The van der Waals surface area contributed by atoms with Gasteiger partial charge in [-0.1, -0.05) is 6.07 Å². The number of methoxy groups -OCH3 is 1. The first-order valence-corrected chi connectivity index (χ1v) is 6.98. The van der Waals surface area contributed by atoms with Gasteiger partial charge in [-0.05, 0) is 37.6 Å². The minimum absolute atomic E-state index is 0.0510. The summed E-state index contributed by atoms with van der Waals surface area (Å²) in [7, 11) is 3.29. The number of aliphatic hydroxyl groups excluding tert-OH is 1. The lowest BCUT2D eigenvalue weighted by atomic mass is 9.97. The van der Waals surface area contributed by atoms with Crippen LogP contribution in [0.1, 0.15) is 24.8 Å². The van der Waals surface area contributed by atoms with Crippen LogP contribution in [0.5, 0.6) is 11.5 Å². The van der Waals surface area contributed by atoms with Crippen molar-refractivity contribution in [3.8, 4) is 11.5 Å². The molecule has 6 heteroatoms. The quantitative estimate of drug-likeness (QED) is 0.713. The van der Waals surface area contributed by atoms with Gasteiger partial charge in [0.1, 0.15) is 11.6 Å². The Kier molecular flexibility index (Phi) is 4.69. The van der Waals surface area contributed by atoms with Crippen LogP contribution in [0.25, 0.3) is 0 Å². The average Bonchev–Trinajstić information content (AvgIpc) is 2.92. The Morgan fingerprint density at radius 2 is 2.29 bits per heavy atom. The number of ether oxygens (including phenoxy) is 2. The lowest BCUT2D eigenvalue weighted by Crippen LogP contribution is -2.52. The zero-order chi connectivity index (χ0) is 15.5. The molecule has 4 N–H and O–H groups in total. The van der Waals surface area contributed by atoms with E-state index in [1.165, 1.54) is 0 Å². The highest BCUT2D eigenvalue weighted by atomic mass is 16.5. The molecule has 1 fully saturated rings. The van der Waals surface area contributed by atoms with Crippen LogP contribution >= 0.6 is 0 Å². The van der Waals surface area contributed by atoms with Crippen molar-refractivity contribution >= 4 is 5.91 Å². The Balaban J connectivity index is 2.11. The molecule has 1 amide bonds. The van der Waals surface area contributed by atoms with Gasteiger partial charge >= 0.3 is 0 Å². The number of hydrogen-bond donors (Lipinski definition) is 3. The number of likely N-dealkylation sites (N-methyl/N-ethyl adjacent to an activating group) is 1. The van der Waals surface area contributed by atoms with Gasteiger partial charge in [0.25, 0.3) is 0 Å². The molecule has 116 valence electrons. The summed E-state index contributed by atoms with van der Waals surface area (Å²) in [4.78, 5) is 11.6. The van der Waals surface area contributed by atoms with E-state index < -0.39 is 5.54 Å². The molecule has 0 aliphatic heterocycles. The first kappa shape index (κ1) is 15.6. The number of nitrogens with two attached hydrogens (primary N) is 1. The Morgan fingerprint density at radius 3 is 2.81 bits per heavy atom. The number of aliphatic hydroxyl groups is 1. The zero-order valence-corrected chi connectivity index (χ0v) is 12.4. The lowest BCUT2D eigenvalue weighted by Gasteiger charge is -2.25. The van der Waals surface area contributed by atoms with Gasteiger partial charge in [-0.25, -0.2) is 0 Å². The Labute approximate surface area is 124 Å². The van der Waals surface area contributed by atoms with Crippen LogP contribution in [0, 0.1) is 0 Å². The van der Waals surface area contributed by atoms with E-state index in [-0.39, 0.29) is 18.6 Å². The van der Waals surface area contributed by atoms with E-state index in [9.17, 15) is 4.79 Å². The third-order valence-electron chi connectivity index (χ3n) is 4.12. The Morgan fingerprint density at radius 1 is 1.52 bits per heavy atom. The minimum Gasteiger partial charge on any atom is -0.493 e. The molecule has 0 saturated heterocycles. The summed E-state index contributed by atoms with van der Waals surface area (Å²) in [6, 6.07) is 5.30. The molecule has 0 spiro atoms. The number of primary amides is 1. The largest absolute Gasteiger partial charge is 0.493 e. The fourth-order valence-electron chi connectivity index (χ4n) is 2.76. The van der Waals surface area contributed by atoms with Crippen LogP contribution in [0.2, 0.25) is 0 Å². The van der Waals surface area contributed by atoms with E-state index in [0.717, 1.165) is 12.0 Å². The molecule has 0 heterocycles. The van der Waals surface area contributed by atoms with Crippen molar-refractivity contribution in [1.82, 2.24) is 5.32 Å². The molecule has 1 aromatic carbocycles. The van der Waals surface area contributed by atoms with E-state index in [0.29, 0.717) is 24.3 Å². The third kappa shape index (κ3) is 3.11. The van der Waals surface area contributed by atoms with Gasteiger partial charge in [-0.3, -0.25) is 4.79 Å². The number of amides is 1. The van der Waals surface area contributed by atoms with Gasteiger partial charge < -0.3 is 25.6 Å². The van der Waals surface area contributed by atoms with E-state index in [1.54, 1.807) is 32.4 Å². The van der Waals surface area contributed by atoms with E-state index in [1.807, 2.05) is 0 Å². The highest BCUT2D eigenvalue weighted by Gasteiger charge is 2.44. The van der Waals surface area contributed by atoms with Crippen LogP contribution in [0.15, 0.2) is 18.2 Å². The molecular weight excluding hydrogens is 272 g/mol. The van der Waals surface area contributed by atoms with Crippen molar-refractivity contribution in [2.24, 2.45) is 5.73 Å². The van der Waals surface area contributed by atoms with Crippen LogP contribution in [-0.4, -0.2) is 36.8 Å². The Hall–Kier alpha value is -1.79. The maximum atomic E-state index is 11.6. The van der Waals surface area contributed by atoms with Gasteiger partial charge in [0.15, 0.2) is 11.5 Å². The fourth-order valence-corrected chi connectivity index (χ4v) is 2.76. The van der Waals surface area contributed by atoms with E-state index in [4.69, 9.17) is 20.3 Å². The average molecular weight is 294 g/mol. The van der Waals surface area contributed by atoms with Crippen LogP contribution in [-0.2, 0) is 11.4 Å². The second-order valence-electron chi connectivity index (χ2n) is 5.32. The van der Waals surface area contributed by atoms with Crippen molar-refractivity contribution in [2.45, 2.75) is 37.5 Å². The first-order chi connectivity index (χ1) is 10.0. The predicted molar refractivity (Wildman–Crippen MR) is 78.2 cm³/mol. The van der Waals surface area contributed by atoms with Crippen molar-refractivity contribution in [1.29, 1.82) is 0 Å². The highest BCUT2D eigenvalue weighted by molar-refractivity contribution is 5.85. The number of carbonyl (C=O) groups is 1. The highest BCUT2D eigenvalue weighted by Crippen LogP contribution is 2.36. The maximum Gasteiger partial charge on any atom is 0.237 e. The summed E-state index contributed by atoms with van der Waals surface area (Å²) in [5, 5.41) is 12.2. The second kappa shape index (κ2) is 6.32. The van der Waals surface area contributed by atoms with E-state index in [2.05, 4.69) is 5.32 Å². The lowest BCUT2D eigenvalue weighted by molar-refractivity contribution is -0.124. The van der Waals surface area contributed by atoms with Crippen molar-refractivity contribution in [3.63, 3.8) is 0 Å². The second-order valence-corrected chi connectivity index (χ2v) is 5.32. The summed E-state index contributed by atoms with van der Waals surface area (Å²) < 4.78 is 11.2. The summed E-state index contributed by atoms with van der Waals surface area (Å²) in [5.41, 5.74) is 5.55. The number of hydrogen-bond acceptors (Lipinski definition) is 5. The van der Waals surface area contributed by atoms with Gasteiger partial charge in [0.2, 0.25) is 5.91 Å². The third-order valence-corrected chi connectivity index (χ3v) is 4.12. The Bertz CT molecular complexity index is 520. The molecule has 1 aromatic rings. The molecule has 0 aromatic heterocycles. The minimum atomic E-state index is -0.692. The molecule has 2 atom stereocenters. The molecule has 6 nitrogen and oxygen atoms in total. The SMILES string of the molecule is CNC1(C(N)=O)CCC(Oc2ccc(CO)cc2OC)C1. The summed E-state index contributed by atoms with van der Waals surface area (Å²) >= 11 is 0. The monoisotopic (exact) mass is 294 g/mol. The summed E-state index contributed by atoms with van der Waals surface area (Å²) in [6.07, 6.45) is 1.83. The molecule has 1 aliphatic carbocycles.